The normalized spacial score (nSPS) is 10.5. The fraction of sp³-hybridized carbons (Fsp3) is 0.0625. The predicted molar refractivity (Wildman–Crippen MR) is 91.5 cm³/mol. The first-order valence-electron chi connectivity index (χ1n) is 6.57. The minimum absolute atomic E-state index is 0.563. The van der Waals surface area contributed by atoms with Gasteiger partial charge in [0.25, 0.3) is 0 Å². The molecule has 0 fully saturated rings. The Labute approximate surface area is 127 Å². The summed E-state index contributed by atoms with van der Waals surface area (Å²) in [6.45, 7) is 4.29. The number of hydrogen-bond donors (Lipinski definition) is 2. The van der Waals surface area contributed by atoms with Crippen LogP contribution in [0.2, 0.25) is 0 Å². The molecule has 2 heterocycles. The number of nitrogens with one attached hydrogen (secondary N) is 2. The fourth-order valence-electron chi connectivity index (χ4n) is 2.23. The number of aromatic nitrogens is 2. The van der Waals surface area contributed by atoms with Crippen LogP contribution in [0.4, 0.5) is 5.69 Å². The minimum atomic E-state index is 0.563. The SMILES string of the molecule is C=CCNC(=S)Nc1cc2ccncc2c2ncccc12. The second kappa shape index (κ2) is 5.85. The van der Waals surface area contributed by atoms with E-state index in [0.717, 1.165) is 27.4 Å². The van der Waals surface area contributed by atoms with Crippen LogP contribution in [-0.4, -0.2) is 21.6 Å². The molecule has 0 aliphatic rings. The van der Waals surface area contributed by atoms with Gasteiger partial charge in [-0.3, -0.25) is 9.97 Å². The van der Waals surface area contributed by atoms with Crippen molar-refractivity contribution in [3.63, 3.8) is 0 Å². The molecule has 0 radical (unpaired) electrons. The van der Waals surface area contributed by atoms with E-state index >= 15 is 0 Å². The predicted octanol–water partition coefficient (Wildman–Crippen LogP) is 3.26. The molecule has 0 aliphatic carbocycles. The second-order valence-corrected chi connectivity index (χ2v) is 4.95. The summed E-state index contributed by atoms with van der Waals surface area (Å²) in [5, 5.41) is 9.97. The molecule has 0 amide bonds. The van der Waals surface area contributed by atoms with Gasteiger partial charge in [0.1, 0.15) is 0 Å². The Kier molecular flexibility index (Phi) is 3.75. The Morgan fingerprint density at radius 2 is 2.19 bits per heavy atom. The van der Waals surface area contributed by atoms with Gasteiger partial charge in [-0.2, -0.15) is 0 Å². The summed E-state index contributed by atoms with van der Waals surface area (Å²) in [6, 6.07) is 7.96. The number of benzene rings is 1. The minimum Gasteiger partial charge on any atom is -0.359 e. The molecule has 104 valence electrons. The van der Waals surface area contributed by atoms with E-state index in [-0.39, 0.29) is 0 Å². The van der Waals surface area contributed by atoms with E-state index < -0.39 is 0 Å². The van der Waals surface area contributed by atoms with Gasteiger partial charge in [0.05, 0.1) is 11.2 Å². The van der Waals surface area contributed by atoms with Crippen molar-refractivity contribution in [1.82, 2.24) is 15.3 Å². The highest BCUT2D eigenvalue weighted by molar-refractivity contribution is 7.80. The van der Waals surface area contributed by atoms with Gasteiger partial charge in [-0.05, 0) is 41.9 Å². The van der Waals surface area contributed by atoms with Crippen molar-refractivity contribution in [2.45, 2.75) is 0 Å². The Balaban J connectivity index is 2.11. The van der Waals surface area contributed by atoms with E-state index in [2.05, 4.69) is 33.2 Å². The first-order chi connectivity index (χ1) is 10.3. The summed E-state index contributed by atoms with van der Waals surface area (Å²) >= 11 is 5.28. The van der Waals surface area contributed by atoms with Crippen molar-refractivity contribution in [2.24, 2.45) is 0 Å². The van der Waals surface area contributed by atoms with Crippen LogP contribution in [0.15, 0.2) is 55.5 Å². The van der Waals surface area contributed by atoms with Crippen molar-refractivity contribution in [1.29, 1.82) is 0 Å². The van der Waals surface area contributed by atoms with Crippen molar-refractivity contribution < 1.29 is 0 Å². The fourth-order valence-corrected chi connectivity index (χ4v) is 2.43. The summed E-state index contributed by atoms with van der Waals surface area (Å²) in [6.07, 6.45) is 7.16. The van der Waals surface area contributed by atoms with E-state index in [9.17, 15) is 0 Å². The van der Waals surface area contributed by atoms with E-state index in [0.29, 0.717) is 11.7 Å². The summed E-state index contributed by atoms with van der Waals surface area (Å²) in [5.41, 5.74) is 1.84. The van der Waals surface area contributed by atoms with Crippen molar-refractivity contribution in [3.8, 4) is 0 Å². The molecule has 0 saturated heterocycles. The number of rotatable bonds is 3. The largest absolute Gasteiger partial charge is 0.359 e. The summed E-state index contributed by atoms with van der Waals surface area (Å²) in [7, 11) is 0. The van der Waals surface area contributed by atoms with E-state index in [1.165, 1.54) is 0 Å². The summed E-state index contributed by atoms with van der Waals surface area (Å²) in [4.78, 5) is 8.66. The van der Waals surface area contributed by atoms with Crippen LogP contribution >= 0.6 is 12.2 Å². The quantitative estimate of drug-likeness (QED) is 0.441. The molecule has 0 spiro atoms. The molecule has 0 aliphatic heterocycles. The average molecular weight is 294 g/mol. The zero-order valence-corrected chi connectivity index (χ0v) is 12.2. The zero-order valence-electron chi connectivity index (χ0n) is 11.3. The molecule has 0 saturated carbocycles. The van der Waals surface area contributed by atoms with Crippen molar-refractivity contribution in [3.05, 3.63) is 55.5 Å². The molecule has 0 unspecified atom stereocenters. The first-order valence-corrected chi connectivity index (χ1v) is 6.97. The number of fused-ring (bicyclic) bond motifs is 3. The maximum atomic E-state index is 5.28. The van der Waals surface area contributed by atoms with Gasteiger partial charge >= 0.3 is 0 Å². The van der Waals surface area contributed by atoms with Crippen molar-refractivity contribution >= 4 is 44.7 Å². The highest BCUT2D eigenvalue weighted by Crippen LogP contribution is 2.29. The molecule has 2 N–H and O–H groups in total. The van der Waals surface area contributed by atoms with Gasteiger partial charge in [0.2, 0.25) is 0 Å². The lowest BCUT2D eigenvalue weighted by molar-refractivity contribution is 1.06. The van der Waals surface area contributed by atoms with Gasteiger partial charge in [-0.15, -0.1) is 6.58 Å². The maximum Gasteiger partial charge on any atom is 0.171 e. The molecular weight excluding hydrogens is 280 g/mol. The molecule has 4 nitrogen and oxygen atoms in total. The van der Waals surface area contributed by atoms with Crippen LogP contribution in [0.3, 0.4) is 0 Å². The Morgan fingerprint density at radius 1 is 1.29 bits per heavy atom. The zero-order chi connectivity index (χ0) is 14.7. The highest BCUT2D eigenvalue weighted by Gasteiger charge is 2.08. The molecule has 21 heavy (non-hydrogen) atoms. The number of hydrogen-bond acceptors (Lipinski definition) is 3. The standard InChI is InChI=1S/C16H14N4S/c1-2-6-19-16(21)20-14-9-11-5-8-17-10-13(11)15-12(14)4-3-7-18-15/h2-5,7-10H,1,6H2,(H2,19,20,21). The maximum absolute atomic E-state index is 5.28. The highest BCUT2D eigenvalue weighted by atomic mass is 32.1. The van der Waals surface area contributed by atoms with Gasteiger partial charge in [0.15, 0.2) is 5.11 Å². The number of nitrogens with zero attached hydrogens (tertiary/aromatic N) is 2. The third kappa shape index (κ3) is 2.68. The lowest BCUT2D eigenvalue weighted by Gasteiger charge is -2.13. The third-order valence-corrected chi connectivity index (χ3v) is 3.41. The molecule has 1 aromatic carbocycles. The Morgan fingerprint density at radius 3 is 3.05 bits per heavy atom. The number of anilines is 1. The van der Waals surface area contributed by atoms with E-state index in [4.69, 9.17) is 12.2 Å². The molecule has 5 heteroatoms. The van der Waals surface area contributed by atoms with E-state index in [1.54, 1.807) is 18.5 Å². The monoisotopic (exact) mass is 294 g/mol. The number of thiocarbonyl (C=S) groups is 1. The van der Waals surface area contributed by atoms with Gasteiger partial charge in [0, 0.05) is 35.9 Å². The van der Waals surface area contributed by atoms with Gasteiger partial charge in [-0.25, -0.2) is 0 Å². The second-order valence-electron chi connectivity index (χ2n) is 4.54. The van der Waals surface area contributed by atoms with Crippen LogP contribution in [0, 0.1) is 0 Å². The topological polar surface area (TPSA) is 49.8 Å². The smallest absolute Gasteiger partial charge is 0.171 e. The third-order valence-electron chi connectivity index (χ3n) is 3.16. The molecule has 0 bridgehead atoms. The lowest BCUT2D eigenvalue weighted by Crippen LogP contribution is -2.28. The van der Waals surface area contributed by atoms with Crippen molar-refractivity contribution in [2.75, 3.05) is 11.9 Å². The van der Waals surface area contributed by atoms with Gasteiger partial charge in [-0.1, -0.05) is 6.08 Å². The van der Waals surface area contributed by atoms with Gasteiger partial charge < -0.3 is 10.6 Å². The molecule has 2 aromatic heterocycles. The Hall–Kier alpha value is -2.53. The summed E-state index contributed by atoms with van der Waals surface area (Å²) in [5.74, 6) is 0. The molecular formula is C16H14N4S. The number of pyridine rings is 2. The van der Waals surface area contributed by atoms with Crippen LogP contribution < -0.4 is 10.6 Å². The Bertz CT molecular complexity index is 829. The molecule has 0 atom stereocenters. The lowest BCUT2D eigenvalue weighted by atomic mass is 10.1. The average Bonchev–Trinajstić information content (AvgIpc) is 2.53. The van der Waals surface area contributed by atoms with Crippen LogP contribution in [0.25, 0.3) is 21.7 Å². The van der Waals surface area contributed by atoms with E-state index in [1.807, 2.05) is 24.4 Å². The van der Waals surface area contributed by atoms with Crippen LogP contribution in [0.1, 0.15) is 0 Å². The van der Waals surface area contributed by atoms with Crippen LogP contribution in [0.5, 0.6) is 0 Å². The summed E-state index contributed by atoms with van der Waals surface area (Å²) < 4.78 is 0. The van der Waals surface area contributed by atoms with Crippen LogP contribution in [-0.2, 0) is 0 Å². The molecule has 3 rings (SSSR count). The molecule has 3 aromatic rings. The first kappa shape index (κ1) is 13.5.